The van der Waals surface area contributed by atoms with Crippen LogP contribution in [-0.4, -0.2) is 12.3 Å². The summed E-state index contributed by atoms with van der Waals surface area (Å²) in [5.74, 6) is 0.825. The van der Waals surface area contributed by atoms with Crippen LogP contribution in [0.25, 0.3) is 0 Å². The van der Waals surface area contributed by atoms with Crippen molar-refractivity contribution in [1.29, 1.82) is 0 Å². The highest BCUT2D eigenvalue weighted by Gasteiger charge is 2.33. The average Bonchev–Trinajstić information content (AvgIpc) is 2.47. The van der Waals surface area contributed by atoms with Crippen molar-refractivity contribution in [2.45, 2.75) is 18.8 Å². The van der Waals surface area contributed by atoms with E-state index in [2.05, 4.69) is 11.4 Å². The molecule has 2 aliphatic rings. The van der Waals surface area contributed by atoms with Crippen LogP contribution >= 0.6 is 0 Å². The Bertz CT molecular complexity index is 384. The zero-order chi connectivity index (χ0) is 8.84. The van der Waals surface area contributed by atoms with Crippen molar-refractivity contribution in [1.82, 2.24) is 0 Å². The van der Waals surface area contributed by atoms with Gasteiger partial charge in [-0.2, -0.15) is 0 Å². The smallest absolute Gasteiger partial charge is 0.163 e. The summed E-state index contributed by atoms with van der Waals surface area (Å²) in [4.78, 5) is 11.6. The monoisotopic (exact) mass is 173 g/mol. The third-order valence-corrected chi connectivity index (χ3v) is 3.05. The van der Waals surface area contributed by atoms with Crippen LogP contribution in [0.15, 0.2) is 18.2 Å². The molecule has 0 fully saturated rings. The zero-order valence-corrected chi connectivity index (χ0v) is 7.34. The van der Waals surface area contributed by atoms with E-state index < -0.39 is 0 Å². The number of ketones is 1. The fourth-order valence-corrected chi connectivity index (χ4v) is 2.47. The first-order valence-electron chi connectivity index (χ1n) is 4.76. The van der Waals surface area contributed by atoms with E-state index in [-0.39, 0.29) is 0 Å². The molecule has 0 saturated heterocycles. The fraction of sp³-hybridized carbons (Fsp3) is 0.364. The second kappa shape index (κ2) is 2.34. The van der Waals surface area contributed by atoms with E-state index in [9.17, 15) is 4.79 Å². The highest BCUT2D eigenvalue weighted by molar-refractivity contribution is 6.03. The standard InChI is InChI=1S/C11H11NO/c13-10-6-7-4-5-12-9-3-1-2-8(10)11(7)9/h1-3,7,12H,4-6H2/t7-/m1/s1. The molecule has 0 bridgehead atoms. The van der Waals surface area contributed by atoms with Crippen LogP contribution < -0.4 is 5.32 Å². The summed E-state index contributed by atoms with van der Waals surface area (Å²) >= 11 is 0. The number of hydrogen-bond donors (Lipinski definition) is 1. The summed E-state index contributed by atoms with van der Waals surface area (Å²) in [5, 5.41) is 3.34. The topological polar surface area (TPSA) is 29.1 Å². The fourth-order valence-electron chi connectivity index (χ4n) is 2.47. The van der Waals surface area contributed by atoms with Gasteiger partial charge in [0.2, 0.25) is 0 Å². The molecule has 66 valence electrons. The third-order valence-electron chi connectivity index (χ3n) is 3.05. The van der Waals surface area contributed by atoms with Crippen molar-refractivity contribution in [3.63, 3.8) is 0 Å². The van der Waals surface area contributed by atoms with Gasteiger partial charge in [-0.1, -0.05) is 12.1 Å². The first-order chi connectivity index (χ1) is 6.36. The van der Waals surface area contributed by atoms with Crippen molar-refractivity contribution in [3.05, 3.63) is 29.3 Å². The van der Waals surface area contributed by atoms with Crippen molar-refractivity contribution in [2.24, 2.45) is 0 Å². The Hall–Kier alpha value is -1.31. The normalized spacial score (nSPS) is 24.0. The molecule has 0 spiro atoms. The summed E-state index contributed by atoms with van der Waals surface area (Å²) in [6, 6.07) is 5.99. The van der Waals surface area contributed by atoms with Gasteiger partial charge >= 0.3 is 0 Å². The molecule has 1 atom stereocenters. The molecule has 0 unspecified atom stereocenters. The predicted octanol–water partition coefficient (Wildman–Crippen LogP) is 2.17. The lowest BCUT2D eigenvalue weighted by Gasteiger charge is -2.22. The number of anilines is 1. The van der Waals surface area contributed by atoms with Crippen molar-refractivity contribution in [3.8, 4) is 0 Å². The lowest BCUT2D eigenvalue weighted by molar-refractivity contribution is 0.0988. The minimum atomic E-state index is 0.325. The minimum absolute atomic E-state index is 0.325. The molecule has 2 heteroatoms. The summed E-state index contributed by atoms with van der Waals surface area (Å²) in [6.07, 6.45) is 1.84. The molecular formula is C11H11NO. The molecule has 2 nitrogen and oxygen atoms in total. The van der Waals surface area contributed by atoms with E-state index in [1.54, 1.807) is 0 Å². The minimum Gasteiger partial charge on any atom is -0.385 e. The molecule has 1 aromatic rings. The molecule has 1 heterocycles. The van der Waals surface area contributed by atoms with Crippen LogP contribution in [0, 0.1) is 0 Å². The SMILES string of the molecule is O=C1C[C@H]2CCNc3cccc1c32. The van der Waals surface area contributed by atoms with E-state index in [1.807, 2.05) is 12.1 Å². The zero-order valence-electron chi connectivity index (χ0n) is 7.34. The maximum absolute atomic E-state index is 11.6. The van der Waals surface area contributed by atoms with Crippen molar-refractivity contribution < 1.29 is 4.79 Å². The van der Waals surface area contributed by atoms with Gasteiger partial charge in [-0.3, -0.25) is 4.79 Å². The van der Waals surface area contributed by atoms with Gasteiger partial charge in [0.15, 0.2) is 5.78 Å². The molecule has 3 rings (SSSR count). The first-order valence-corrected chi connectivity index (χ1v) is 4.76. The summed E-state index contributed by atoms with van der Waals surface area (Å²) in [5.41, 5.74) is 3.41. The number of benzene rings is 1. The number of carbonyl (C=O) groups excluding carboxylic acids is 1. The Labute approximate surface area is 77.0 Å². The Balaban J connectivity index is 2.28. The Morgan fingerprint density at radius 3 is 3.23 bits per heavy atom. The molecule has 0 aromatic heterocycles. The van der Waals surface area contributed by atoms with Crippen LogP contribution in [-0.2, 0) is 0 Å². The van der Waals surface area contributed by atoms with E-state index in [4.69, 9.17) is 0 Å². The van der Waals surface area contributed by atoms with Gasteiger partial charge in [0.1, 0.15) is 0 Å². The Morgan fingerprint density at radius 2 is 2.31 bits per heavy atom. The van der Waals surface area contributed by atoms with Crippen LogP contribution in [0.2, 0.25) is 0 Å². The number of carbonyl (C=O) groups is 1. The molecule has 1 N–H and O–H groups in total. The van der Waals surface area contributed by atoms with Gasteiger partial charge in [-0.05, 0) is 24.0 Å². The molecule has 0 amide bonds. The maximum atomic E-state index is 11.6. The predicted molar refractivity (Wildman–Crippen MR) is 51.2 cm³/mol. The highest BCUT2D eigenvalue weighted by Crippen LogP contribution is 2.42. The average molecular weight is 173 g/mol. The third kappa shape index (κ3) is 0.857. The Morgan fingerprint density at radius 1 is 1.38 bits per heavy atom. The van der Waals surface area contributed by atoms with E-state index in [0.29, 0.717) is 11.7 Å². The molecule has 0 radical (unpaired) electrons. The second-order valence-electron chi connectivity index (χ2n) is 3.81. The number of rotatable bonds is 0. The number of hydrogen-bond acceptors (Lipinski definition) is 2. The molecule has 1 aliphatic heterocycles. The molecule has 13 heavy (non-hydrogen) atoms. The van der Waals surface area contributed by atoms with Gasteiger partial charge in [0.25, 0.3) is 0 Å². The van der Waals surface area contributed by atoms with Gasteiger partial charge in [-0.15, -0.1) is 0 Å². The second-order valence-corrected chi connectivity index (χ2v) is 3.81. The van der Waals surface area contributed by atoms with Gasteiger partial charge in [0, 0.05) is 24.2 Å². The molecule has 1 aromatic carbocycles. The van der Waals surface area contributed by atoms with Gasteiger partial charge in [0.05, 0.1) is 0 Å². The molecule has 1 aliphatic carbocycles. The van der Waals surface area contributed by atoms with Gasteiger partial charge < -0.3 is 5.32 Å². The summed E-state index contributed by atoms with van der Waals surface area (Å²) in [7, 11) is 0. The summed E-state index contributed by atoms with van der Waals surface area (Å²) < 4.78 is 0. The highest BCUT2D eigenvalue weighted by atomic mass is 16.1. The van der Waals surface area contributed by atoms with Crippen LogP contribution in [0.3, 0.4) is 0 Å². The van der Waals surface area contributed by atoms with Crippen molar-refractivity contribution in [2.75, 3.05) is 11.9 Å². The Kier molecular flexibility index (Phi) is 1.29. The van der Waals surface area contributed by atoms with Crippen LogP contribution in [0.4, 0.5) is 5.69 Å². The number of Topliss-reactive ketones (excluding diaryl/α,β-unsaturated/α-hetero) is 1. The maximum Gasteiger partial charge on any atom is 0.163 e. The molecular weight excluding hydrogens is 162 g/mol. The lowest BCUT2D eigenvalue weighted by atomic mass is 9.93. The van der Waals surface area contributed by atoms with E-state index in [1.165, 1.54) is 11.3 Å². The van der Waals surface area contributed by atoms with E-state index in [0.717, 1.165) is 24.9 Å². The largest absolute Gasteiger partial charge is 0.385 e. The lowest BCUT2D eigenvalue weighted by Crippen LogP contribution is -2.14. The van der Waals surface area contributed by atoms with Crippen LogP contribution in [0.5, 0.6) is 0 Å². The summed E-state index contributed by atoms with van der Waals surface area (Å²) in [6.45, 7) is 1.01. The van der Waals surface area contributed by atoms with Gasteiger partial charge in [-0.25, -0.2) is 0 Å². The quantitative estimate of drug-likeness (QED) is 0.651. The number of nitrogens with one attached hydrogen (secondary N) is 1. The van der Waals surface area contributed by atoms with Crippen molar-refractivity contribution >= 4 is 11.5 Å². The van der Waals surface area contributed by atoms with Crippen LogP contribution in [0.1, 0.15) is 34.7 Å². The molecule has 0 saturated carbocycles. The first kappa shape index (κ1) is 7.13. The van der Waals surface area contributed by atoms with E-state index >= 15 is 0 Å².